The Kier molecular flexibility index (Phi) is 8.19. The van der Waals surface area contributed by atoms with E-state index in [9.17, 15) is 13.2 Å². The summed E-state index contributed by atoms with van der Waals surface area (Å²) in [6.45, 7) is 1.58. The van der Waals surface area contributed by atoms with Crippen LogP contribution in [0.15, 0.2) is 83.8 Å². The van der Waals surface area contributed by atoms with Crippen LogP contribution in [0.5, 0.6) is 11.5 Å². The fourth-order valence-electron chi connectivity index (χ4n) is 3.12. The Labute approximate surface area is 198 Å². The maximum Gasteiger partial charge on any atom is 0.341 e. The number of aliphatic carboxylic acids is 1. The van der Waals surface area contributed by atoms with Gasteiger partial charge in [0.2, 0.25) is 0 Å². The first kappa shape index (κ1) is 24.4. The fraction of sp³-hybridized carbons (Fsp3) is 0.160. The predicted molar refractivity (Wildman–Crippen MR) is 130 cm³/mol. The lowest BCUT2D eigenvalue weighted by molar-refractivity contribution is -0.139. The number of hydrogen-bond donors (Lipinski definition) is 1. The van der Waals surface area contributed by atoms with Crippen LogP contribution in [0.25, 0.3) is 5.57 Å². The molecule has 0 spiro atoms. The van der Waals surface area contributed by atoms with Gasteiger partial charge in [0.05, 0.1) is 6.26 Å². The molecule has 0 saturated carbocycles. The first-order chi connectivity index (χ1) is 15.7. The zero-order valence-corrected chi connectivity index (χ0v) is 19.9. The van der Waals surface area contributed by atoms with Gasteiger partial charge in [0.25, 0.3) is 0 Å². The molecule has 0 unspecified atom stereocenters. The highest BCUT2D eigenvalue weighted by molar-refractivity contribution is 7.99. The maximum absolute atomic E-state index is 11.4. The zero-order valence-electron chi connectivity index (χ0n) is 18.2. The minimum absolute atomic E-state index is 0.267. The van der Waals surface area contributed by atoms with Crippen LogP contribution in [0.2, 0.25) is 0 Å². The summed E-state index contributed by atoms with van der Waals surface area (Å²) >= 11 is 1.66. The lowest BCUT2D eigenvalue weighted by atomic mass is 9.98. The monoisotopic (exact) mass is 484 g/mol. The summed E-state index contributed by atoms with van der Waals surface area (Å²) < 4.78 is 32.9. The molecule has 0 aromatic heterocycles. The molecule has 0 bridgehead atoms. The Balaban J connectivity index is 1.78. The van der Waals surface area contributed by atoms with Gasteiger partial charge in [0.15, 0.2) is 6.61 Å². The van der Waals surface area contributed by atoms with E-state index in [2.05, 4.69) is 6.08 Å². The summed E-state index contributed by atoms with van der Waals surface area (Å²) in [5.74, 6) is 0.475. The quantitative estimate of drug-likeness (QED) is 0.319. The molecule has 0 radical (unpaired) electrons. The largest absolute Gasteiger partial charge is 0.482 e. The lowest BCUT2D eigenvalue weighted by Gasteiger charge is -2.11. The molecule has 1 N–H and O–H groups in total. The van der Waals surface area contributed by atoms with E-state index in [1.54, 1.807) is 30.0 Å². The molecule has 0 heterocycles. The number of hydrogen-bond acceptors (Lipinski definition) is 6. The van der Waals surface area contributed by atoms with Gasteiger partial charge in [-0.2, -0.15) is 8.42 Å². The van der Waals surface area contributed by atoms with Crippen molar-refractivity contribution in [2.75, 3.05) is 18.6 Å². The van der Waals surface area contributed by atoms with E-state index >= 15 is 0 Å². The molecule has 0 aliphatic heterocycles. The van der Waals surface area contributed by atoms with Gasteiger partial charge in [-0.1, -0.05) is 48.5 Å². The molecule has 33 heavy (non-hydrogen) atoms. The van der Waals surface area contributed by atoms with E-state index in [0.717, 1.165) is 33.4 Å². The highest BCUT2D eigenvalue weighted by Gasteiger charge is 2.09. The number of aryl methyl sites for hydroxylation is 1. The standard InChI is InChI=1S/C25H24O6S2/c1-18-16-22(30-17-25(26)27)12-13-24(18)32-15-14-23(19-6-4-3-5-7-19)20-8-10-21(11-9-20)31-33(2,28)29/h3-14,16H,15,17H2,1-2H3,(H,26,27). The van der Waals surface area contributed by atoms with Crippen LogP contribution >= 0.6 is 11.8 Å². The molecule has 0 atom stereocenters. The maximum atomic E-state index is 11.4. The molecule has 3 aromatic rings. The number of thioether (sulfide) groups is 1. The molecule has 3 aromatic carbocycles. The van der Waals surface area contributed by atoms with Gasteiger partial charge in [0, 0.05) is 10.6 Å². The Morgan fingerprint density at radius 1 is 0.970 bits per heavy atom. The number of ether oxygens (including phenoxy) is 1. The average molecular weight is 485 g/mol. The van der Waals surface area contributed by atoms with E-state index in [0.29, 0.717) is 11.5 Å². The van der Waals surface area contributed by atoms with Gasteiger partial charge in [-0.05, 0) is 59.5 Å². The van der Waals surface area contributed by atoms with Crippen LogP contribution in [0.4, 0.5) is 0 Å². The molecular formula is C25H24O6S2. The fourth-order valence-corrected chi connectivity index (χ4v) is 4.46. The van der Waals surface area contributed by atoms with Crippen LogP contribution in [0.1, 0.15) is 16.7 Å². The van der Waals surface area contributed by atoms with Crippen LogP contribution in [-0.2, 0) is 14.9 Å². The molecule has 8 heteroatoms. The van der Waals surface area contributed by atoms with Crippen LogP contribution in [0, 0.1) is 6.92 Å². The minimum atomic E-state index is -3.58. The summed E-state index contributed by atoms with van der Waals surface area (Å²) in [6.07, 6.45) is 3.14. The molecular weight excluding hydrogens is 460 g/mol. The summed E-state index contributed by atoms with van der Waals surface area (Å²) in [7, 11) is -3.58. The SMILES string of the molecule is Cc1cc(OCC(=O)O)ccc1SCC=C(c1ccccc1)c1ccc(OS(C)(=O)=O)cc1. The van der Waals surface area contributed by atoms with Gasteiger partial charge in [-0.3, -0.25) is 0 Å². The molecule has 0 fully saturated rings. The highest BCUT2D eigenvalue weighted by atomic mass is 32.2. The lowest BCUT2D eigenvalue weighted by Crippen LogP contribution is -2.09. The summed E-state index contributed by atoms with van der Waals surface area (Å²) in [5, 5.41) is 8.75. The number of benzene rings is 3. The van der Waals surface area contributed by atoms with Crippen molar-refractivity contribution in [2.24, 2.45) is 0 Å². The van der Waals surface area contributed by atoms with Crippen molar-refractivity contribution in [3.05, 3.63) is 95.6 Å². The van der Waals surface area contributed by atoms with E-state index in [1.807, 2.05) is 61.5 Å². The smallest absolute Gasteiger partial charge is 0.341 e. The minimum Gasteiger partial charge on any atom is -0.482 e. The molecule has 0 aliphatic carbocycles. The van der Waals surface area contributed by atoms with Crippen LogP contribution in [-0.4, -0.2) is 38.1 Å². The average Bonchev–Trinajstić information content (AvgIpc) is 2.77. The molecule has 0 amide bonds. The Hall–Kier alpha value is -3.23. The van der Waals surface area contributed by atoms with Gasteiger partial charge in [0.1, 0.15) is 11.5 Å². The summed E-state index contributed by atoms with van der Waals surface area (Å²) in [5.41, 5.74) is 4.01. The van der Waals surface area contributed by atoms with Crippen molar-refractivity contribution in [3.63, 3.8) is 0 Å². The van der Waals surface area contributed by atoms with Crippen molar-refractivity contribution in [2.45, 2.75) is 11.8 Å². The Morgan fingerprint density at radius 2 is 1.61 bits per heavy atom. The second kappa shape index (κ2) is 11.1. The molecule has 3 rings (SSSR count). The van der Waals surface area contributed by atoms with E-state index in [-0.39, 0.29) is 12.4 Å². The number of carboxylic acid groups (broad SMARTS) is 1. The summed E-state index contributed by atoms with van der Waals surface area (Å²) in [4.78, 5) is 11.7. The van der Waals surface area contributed by atoms with Crippen LogP contribution < -0.4 is 8.92 Å². The van der Waals surface area contributed by atoms with E-state index in [4.69, 9.17) is 14.0 Å². The normalized spacial score (nSPS) is 11.8. The molecule has 6 nitrogen and oxygen atoms in total. The van der Waals surface area contributed by atoms with Gasteiger partial charge < -0.3 is 14.0 Å². The van der Waals surface area contributed by atoms with Crippen molar-refractivity contribution in [1.29, 1.82) is 0 Å². The molecule has 0 aliphatic rings. The third kappa shape index (κ3) is 7.69. The zero-order chi connectivity index (χ0) is 23.8. The number of rotatable bonds is 10. The van der Waals surface area contributed by atoms with Crippen molar-refractivity contribution < 1.29 is 27.2 Å². The van der Waals surface area contributed by atoms with Gasteiger partial charge >= 0.3 is 16.1 Å². The van der Waals surface area contributed by atoms with Crippen molar-refractivity contribution in [1.82, 2.24) is 0 Å². The predicted octanol–water partition coefficient (Wildman–Crippen LogP) is 5.02. The first-order valence-corrected chi connectivity index (χ1v) is 12.8. The summed E-state index contributed by atoms with van der Waals surface area (Å²) in [6, 6.07) is 22.4. The first-order valence-electron chi connectivity index (χ1n) is 10.0. The number of carbonyl (C=O) groups is 1. The topological polar surface area (TPSA) is 89.9 Å². The third-order valence-electron chi connectivity index (χ3n) is 4.53. The van der Waals surface area contributed by atoms with E-state index in [1.165, 1.54) is 0 Å². The Bertz CT molecular complexity index is 1230. The van der Waals surface area contributed by atoms with Gasteiger partial charge in [-0.15, -0.1) is 11.8 Å². The van der Waals surface area contributed by atoms with Crippen molar-refractivity contribution >= 4 is 33.4 Å². The van der Waals surface area contributed by atoms with Crippen molar-refractivity contribution in [3.8, 4) is 11.5 Å². The van der Waals surface area contributed by atoms with Crippen LogP contribution in [0.3, 0.4) is 0 Å². The molecule has 172 valence electrons. The number of carboxylic acids is 1. The van der Waals surface area contributed by atoms with E-state index < -0.39 is 16.1 Å². The second-order valence-corrected chi connectivity index (χ2v) is 9.85. The molecule has 0 saturated heterocycles. The Morgan fingerprint density at radius 3 is 2.21 bits per heavy atom. The van der Waals surface area contributed by atoms with Gasteiger partial charge in [-0.25, -0.2) is 4.79 Å². The second-order valence-electron chi connectivity index (χ2n) is 7.22. The third-order valence-corrected chi connectivity index (χ3v) is 6.13. The highest BCUT2D eigenvalue weighted by Crippen LogP contribution is 2.30.